The molecule has 0 aromatic heterocycles. The Hall–Kier alpha value is -0.980. The molecular weight excluding hydrogens is 226 g/mol. The summed E-state index contributed by atoms with van der Waals surface area (Å²) in [5.41, 5.74) is 0. The highest BCUT2D eigenvalue weighted by molar-refractivity contribution is 5.90. The van der Waals surface area contributed by atoms with Crippen LogP contribution in [0.2, 0.25) is 0 Å². The van der Waals surface area contributed by atoms with Crippen molar-refractivity contribution in [2.24, 2.45) is 0 Å². The summed E-state index contributed by atoms with van der Waals surface area (Å²) >= 11 is 0. The van der Waals surface area contributed by atoms with Crippen molar-refractivity contribution in [3.63, 3.8) is 0 Å². The molecule has 0 radical (unpaired) electrons. The van der Waals surface area contributed by atoms with Crippen molar-refractivity contribution in [1.82, 2.24) is 4.90 Å². The molecule has 0 aromatic carbocycles. The van der Waals surface area contributed by atoms with Crippen LogP contribution in [-0.2, 0) is 23.8 Å². The van der Waals surface area contributed by atoms with Crippen molar-refractivity contribution in [3.05, 3.63) is 0 Å². The smallest absolute Gasteiger partial charge is 0.327 e. The van der Waals surface area contributed by atoms with E-state index in [9.17, 15) is 9.59 Å². The van der Waals surface area contributed by atoms with Crippen LogP contribution in [0, 0.1) is 0 Å². The number of esters is 2. The van der Waals surface area contributed by atoms with Gasteiger partial charge in [0, 0.05) is 13.7 Å². The summed E-state index contributed by atoms with van der Waals surface area (Å²) in [6, 6.07) is 0. The molecule has 1 saturated heterocycles. The molecule has 0 spiro atoms. The highest BCUT2D eigenvalue weighted by Crippen LogP contribution is 2.02. The lowest BCUT2D eigenvalue weighted by Crippen LogP contribution is -2.43. The van der Waals surface area contributed by atoms with Crippen molar-refractivity contribution < 1.29 is 23.8 Å². The lowest BCUT2D eigenvalue weighted by Gasteiger charge is -2.23. The van der Waals surface area contributed by atoms with Gasteiger partial charge in [0.25, 0.3) is 0 Å². The number of ether oxygens (including phenoxy) is 3. The molecule has 0 unspecified atom stereocenters. The fraction of sp³-hybridized carbons (Fsp3) is 0.818. The maximum Gasteiger partial charge on any atom is 0.327 e. The molecule has 1 fully saturated rings. The fourth-order valence-electron chi connectivity index (χ4n) is 1.55. The van der Waals surface area contributed by atoms with E-state index in [0.29, 0.717) is 26.4 Å². The molecule has 0 bridgehead atoms. The average molecular weight is 245 g/mol. The van der Waals surface area contributed by atoms with Crippen molar-refractivity contribution in [3.8, 4) is 0 Å². The Balaban J connectivity index is 1.98. The third-order valence-corrected chi connectivity index (χ3v) is 2.38. The maximum absolute atomic E-state index is 11.0. The topological polar surface area (TPSA) is 65.1 Å². The Bertz CT molecular complexity index is 240. The second-order valence-corrected chi connectivity index (χ2v) is 3.87. The Kier molecular flexibility index (Phi) is 6.76. The Morgan fingerprint density at radius 1 is 1.12 bits per heavy atom. The lowest BCUT2D eigenvalue weighted by atomic mass is 10.3. The molecule has 0 aromatic rings. The van der Waals surface area contributed by atoms with Gasteiger partial charge in [0.15, 0.2) is 0 Å². The summed E-state index contributed by atoms with van der Waals surface area (Å²) in [6.45, 7) is 3.01. The van der Waals surface area contributed by atoms with Gasteiger partial charge in [-0.1, -0.05) is 0 Å². The number of unbranched alkanes of at least 4 members (excludes halogenated alkanes) is 1. The molecule has 0 amide bonds. The van der Waals surface area contributed by atoms with Crippen LogP contribution in [-0.4, -0.2) is 63.4 Å². The van der Waals surface area contributed by atoms with Gasteiger partial charge in [0.2, 0.25) is 0 Å². The van der Waals surface area contributed by atoms with Gasteiger partial charge in [-0.05, 0) is 19.4 Å². The Morgan fingerprint density at radius 3 is 2.47 bits per heavy atom. The minimum atomic E-state index is -0.461. The monoisotopic (exact) mass is 245 g/mol. The number of carbonyl (C=O) groups excluding carboxylic acids is 2. The van der Waals surface area contributed by atoms with E-state index in [4.69, 9.17) is 9.47 Å². The molecule has 17 heavy (non-hydrogen) atoms. The molecule has 0 saturated carbocycles. The fourth-order valence-corrected chi connectivity index (χ4v) is 1.55. The van der Waals surface area contributed by atoms with E-state index in [1.165, 1.54) is 0 Å². The Labute approximate surface area is 101 Å². The number of carbonyl (C=O) groups is 2. The molecule has 1 aliphatic heterocycles. The van der Waals surface area contributed by atoms with Crippen LogP contribution in [0.4, 0.5) is 0 Å². The summed E-state index contributed by atoms with van der Waals surface area (Å²) in [6.07, 6.45) is 1.80. The summed E-state index contributed by atoms with van der Waals surface area (Å²) in [4.78, 5) is 23.7. The minimum absolute atomic E-state index is 0.205. The molecule has 0 N–H and O–H groups in total. The number of morpholine rings is 1. The van der Waals surface area contributed by atoms with Gasteiger partial charge in [-0.25, -0.2) is 0 Å². The van der Waals surface area contributed by atoms with E-state index in [0.717, 1.165) is 12.8 Å². The van der Waals surface area contributed by atoms with Crippen LogP contribution in [0.5, 0.6) is 0 Å². The number of hydrogen-bond donors (Lipinski definition) is 0. The van der Waals surface area contributed by atoms with Crippen LogP contribution in [0.1, 0.15) is 12.8 Å². The van der Waals surface area contributed by atoms with Gasteiger partial charge in [0.05, 0.1) is 26.3 Å². The standard InChI is InChI=1S/C11H19NO5/c1-15-6-7-16-5-3-2-4-12-8-10(13)17-11(14)9-12/h2-9H2,1H3. The third-order valence-electron chi connectivity index (χ3n) is 2.38. The lowest BCUT2D eigenvalue weighted by molar-refractivity contribution is -0.166. The molecule has 6 nitrogen and oxygen atoms in total. The normalized spacial score (nSPS) is 17.2. The van der Waals surface area contributed by atoms with Gasteiger partial charge in [0.1, 0.15) is 0 Å². The van der Waals surface area contributed by atoms with Crippen molar-refractivity contribution in [2.45, 2.75) is 12.8 Å². The first-order chi connectivity index (χ1) is 8.22. The molecule has 1 aliphatic rings. The summed E-state index contributed by atoms with van der Waals surface area (Å²) in [7, 11) is 1.63. The number of rotatable bonds is 8. The number of nitrogens with zero attached hydrogens (tertiary/aromatic N) is 1. The van der Waals surface area contributed by atoms with E-state index in [-0.39, 0.29) is 13.1 Å². The molecule has 6 heteroatoms. The highest BCUT2D eigenvalue weighted by atomic mass is 16.6. The van der Waals surface area contributed by atoms with Crippen molar-refractivity contribution in [1.29, 1.82) is 0 Å². The van der Waals surface area contributed by atoms with Gasteiger partial charge < -0.3 is 14.2 Å². The highest BCUT2D eigenvalue weighted by Gasteiger charge is 2.23. The van der Waals surface area contributed by atoms with Crippen LogP contribution >= 0.6 is 0 Å². The van der Waals surface area contributed by atoms with Gasteiger partial charge in [-0.2, -0.15) is 0 Å². The molecule has 0 atom stereocenters. The van der Waals surface area contributed by atoms with Gasteiger partial charge in [-0.15, -0.1) is 0 Å². The number of cyclic esters (lactones) is 2. The summed E-state index contributed by atoms with van der Waals surface area (Å²) in [5.74, 6) is -0.921. The molecular formula is C11H19NO5. The molecule has 0 aliphatic carbocycles. The van der Waals surface area contributed by atoms with Crippen molar-refractivity contribution in [2.75, 3.05) is 46.6 Å². The Morgan fingerprint density at radius 2 is 1.82 bits per heavy atom. The van der Waals surface area contributed by atoms with Crippen LogP contribution in [0.15, 0.2) is 0 Å². The molecule has 1 heterocycles. The van der Waals surface area contributed by atoms with Crippen LogP contribution < -0.4 is 0 Å². The predicted octanol–water partition coefficient (Wildman–Crippen LogP) is -0.185. The maximum atomic E-state index is 11.0. The molecule has 1 rings (SSSR count). The summed E-state index contributed by atoms with van der Waals surface area (Å²) < 4.78 is 14.6. The SMILES string of the molecule is COCCOCCCCN1CC(=O)OC(=O)C1. The first-order valence-electron chi connectivity index (χ1n) is 5.75. The van der Waals surface area contributed by atoms with Gasteiger partial charge >= 0.3 is 11.9 Å². The largest absolute Gasteiger partial charge is 0.391 e. The van der Waals surface area contributed by atoms with E-state index >= 15 is 0 Å². The quantitative estimate of drug-likeness (QED) is 0.335. The second kappa shape index (κ2) is 8.16. The zero-order chi connectivity index (χ0) is 12.5. The minimum Gasteiger partial charge on any atom is -0.391 e. The predicted molar refractivity (Wildman–Crippen MR) is 59.5 cm³/mol. The zero-order valence-corrected chi connectivity index (χ0v) is 10.1. The molecule has 98 valence electrons. The third kappa shape index (κ3) is 6.35. The summed E-state index contributed by atoms with van der Waals surface area (Å²) in [5, 5.41) is 0. The first-order valence-corrected chi connectivity index (χ1v) is 5.75. The average Bonchev–Trinajstić information content (AvgIpc) is 2.26. The van der Waals surface area contributed by atoms with Gasteiger partial charge in [-0.3, -0.25) is 14.5 Å². The van der Waals surface area contributed by atoms with Crippen LogP contribution in [0.3, 0.4) is 0 Å². The van der Waals surface area contributed by atoms with E-state index in [1.54, 1.807) is 12.0 Å². The van der Waals surface area contributed by atoms with Crippen LogP contribution in [0.25, 0.3) is 0 Å². The number of hydrogen-bond acceptors (Lipinski definition) is 6. The zero-order valence-electron chi connectivity index (χ0n) is 10.1. The first kappa shape index (κ1) is 14.1. The number of methoxy groups -OCH3 is 1. The van der Waals surface area contributed by atoms with E-state index < -0.39 is 11.9 Å². The van der Waals surface area contributed by atoms with E-state index in [2.05, 4.69) is 4.74 Å². The van der Waals surface area contributed by atoms with E-state index in [1.807, 2.05) is 0 Å². The second-order valence-electron chi connectivity index (χ2n) is 3.87. The van der Waals surface area contributed by atoms with Crippen molar-refractivity contribution >= 4 is 11.9 Å².